The highest BCUT2D eigenvalue weighted by Gasteiger charge is 2.01. The van der Waals surface area contributed by atoms with E-state index in [4.69, 9.17) is 12.2 Å². The average Bonchev–Trinajstić information content (AvgIpc) is 2.33. The molecule has 5 heteroatoms. The number of nitrogens with zero attached hydrogens (tertiary/aromatic N) is 2. The number of aromatic amines is 1. The molecule has 62 valence electrons. The van der Waals surface area contributed by atoms with E-state index in [0.717, 1.165) is 15.7 Å². The molecule has 0 radical (unpaired) electrons. The number of hydrogen-bond donors (Lipinski definition) is 1. The van der Waals surface area contributed by atoms with Gasteiger partial charge in [0.1, 0.15) is 0 Å². The van der Waals surface area contributed by atoms with Crippen molar-refractivity contribution in [3.05, 3.63) is 27.1 Å². The predicted molar refractivity (Wildman–Crippen MR) is 52.8 cm³/mol. The van der Waals surface area contributed by atoms with Crippen molar-refractivity contribution in [3.63, 3.8) is 0 Å². The van der Waals surface area contributed by atoms with Crippen LogP contribution in [0.25, 0.3) is 5.65 Å². The third-order valence-electron chi connectivity index (χ3n) is 1.66. The number of pyridine rings is 1. The Kier molecular flexibility index (Phi) is 1.77. The Morgan fingerprint density at radius 1 is 1.67 bits per heavy atom. The van der Waals surface area contributed by atoms with Crippen molar-refractivity contribution in [1.29, 1.82) is 0 Å². The van der Waals surface area contributed by atoms with Crippen molar-refractivity contribution >= 4 is 33.8 Å². The minimum absolute atomic E-state index is 0.620. The molecule has 0 aliphatic heterocycles. The summed E-state index contributed by atoms with van der Waals surface area (Å²) in [5, 5.41) is 6.82. The van der Waals surface area contributed by atoms with Crippen LogP contribution in [-0.2, 0) is 0 Å². The molecule has 0 saturated carbocycles. The highest BCUT2D eigenvalue weighted by molar-refractivity contribution is 9.10. The summed E-state index contributed by atoms with van der Waals surface area (Å²) in [6.07, 6.45) is 1.90. The van der Waals surface area contributed by atoms with E-state index in [2.05, 4.69) is 26.1 Å². The van der Waals surface area contributed by atoms with Crippen LogP contribution in [0.4, 0.5) is 0 Å². The summed E-state index contributed by atoms with van der Waals surface area (Å²) in [5.41, 5.74) is 1.97. The molecule has 0 spiro atoms. The Bertz CT molecular complexity index is 485. The zero-order valence-corrected chi connectivity index (χ0v) is 8.74. The highest BCUT2D eigenvalue weighted by atomic mass is 79.9. The van der Waals surface area contributed by atoms with Gasteiger partial charge in [-0.05, 0) is 46.7 Å². The molecule has 0 unspecified atom stereocenters. The van der Waals surface area contributed by atoms with Crippen molar-refractivity contribution in [1.82, 2.24) is 14.6 Å². The summed E-state index contributed by atoms with van der Waals surface area (Å²) in [5.74, 6) is 0. The molecule has 0 aliphatic carbocycles. The molecule has 0 aliphatic rings. The van der Waals surface area contributed by atoms with Crippen LogP contribution in [0.5, 0.6) is 0 Å². The van der Waals surface area contributed by atoms with Crippen LogP contribution in [-0.4, -0.2) is 14.6 Å². The standard InChI is InChI=1S/C7H6BrN3S/c1-4-2-5(8)3-11-6(4)9-10-7(11)12/h2-3H,1H3,(H,10,12). The zero-order valence-electron chi connectivity index (χ0n) is 6.34. The molecular formula is C7H6BrN3S. The lowest BCUT2D eigenvalue weighted by Crippen LogP contribution is -1.87. The van der Waals surface area contributed by atoms with E-state index in [9.17, 15) is 0 Å². The summed E-state index contributed by atoms with van der Waals surface area (Å²) in [6, 6.07) is 2.00. The summed E-state index contributed by atoms with van der Waals surface area (Å²) < 4.78 is 3.47. The van der Waals surface area contributed by atoms with Crippen molar-refractivity contribution < 1.29 is 0 Å². The van der Waals surface area contributed by atoms with E-state index in [0.29, 0.717) is 4.77 Å². The first-order valence-corrected chi connectivity index (χ1v) is 4.61. The topological polar surface area (TPSA) is 33.1 Å². The maximum Gasteiger partial charge on any atom is 0.199 e. The smallest absolute Gasteiger partial charge is 0.199 e. The van der Waals surface area contributed by atoms with E-state index in [-0.39, 0.29) is 0 Å². The molecule has 2 aromatic heterocycles. The van der Waals surface area contributed by atoms with Gasteiger partial charge >= 0.3 is 0 Å². The second kappa shape index (κ2) is 2.67. The van der Waals surface area contributed by atoms with E-state index in [1.54, 1.807) is 0 Å². The third-order valence-corrected chi connectivity index (χ3v) is 2.39. The maximum absolute atomic E-state index is 5.03. The lowest BCUT2D eigenvalue weighted by molar-refractivity contribution is 1.07. The van der Waals surface area contributed by atoms with Gasteiger partial charge in [0.25, 0.3) is 0 Å². The Morgan fingerprint density at radius 2 is 2.42 bits per heavy atom. The fourth-order valence-electron chi connectivity index (χ4n) is 1.13. The molecule has 1 N–H and O–H groups in total. The number of nitrogens with one attached hydrogen (secondary N) is 1. The van der Waals surface area contributed by atoms with Gasteiger partial charge in [-0.2, -0.15) is 5.10 Å². The summed E-state index contributed by atoms with van der Waals surface area (Å²) in [6.45, 7) is 2.00. The Balaban J connectivity index is 3.02. The van der Waals surface area contributed by atoms with Gasteiger partial charge in [-0.15, -0.1) is 0 Å². The Morgan fingerprint density at radius 3 is 3.17 bits per heavy atom. The third kappa shape index (κ3) is 1.09. The fourth-order valence-corrected chi connectivity index (χ4v) is 1.87. The first-order valence-electron chi connectivity index (χ1n) is 3.41. The molecule has 3 nitrogen and oxygen atoms in total. The van der Waals surface area contributed by atoms with Crippen molar-refractivity contribution in [2.24, 2.45) is 0 Å². The van der Waals surface area contributed by atoms with E-state index < -0.39 is 0 Å². The molecule has 0 bridgehead atoms. The van der Waals surface area contributed by atoms with E-state index in [1.807, 2.05) is 23.6 Å². The molecule has 2 aromatic rings. The minimum Gasteiger partial charge on any atom is -0.274 e. The molecule has 0 amide bonds. The van der Waals surface area contributed by atoms with Crippen LogP contribution >= 0.6 is 28.1 Å². The van der Waals surface area contributed by atoms with Crippen LogP contribution in [0.1, 0.15) is 5.56 Å². The molecular weight excluding hydrogens is 238 g/mol. The normalized spacial score (nSPS) is 10.8. The molecule has 2 heterocycles. The average molecular weight is 244 g/mol. The van der Waals surface area contributed by atoms with Crippen LogP contribution in [0.3, 0.4) is 0 Å². The van der Waals surface area contributed by atoms with Crippen molar-refractivity contribution in [2.45, 2.75) is 6.92 Å². The van der Waals surface area contributed by atoms with E-state index in [1.165, 1.54) is 0 Å². The molecule has 0 saturated heterocycles. The van der Waals surface area contributed by atoms with Gasteiger partial charge in [0.15, 0.2) is 10.4 Å². The number of aryl methyl sites for hydroxylation is 1. The van der Waals surface area contributed by atoms with Crippen LogP contribution in [0, 0.1) is 11.7 Å². The summed E-state index contributed by atoms with van der Waals surface area (Å²) >= 11 is 8.42. The molecule has 12 heavy (non-hydrogen) atoms. The van der Waals surface area contributed by atoms with Gasteiger partial charge in [-0.3, -0.25) is 9.50 Å². The quantitative estimate of drug-likeness (QED) is 0.722. The predicted octanol–water partition coefficient (Wildman–Crippen LogP) is 2.46. The second-order valence-corrected chi connectivity index (χ2v) is 3.87. The monoisotopic (exact) mass is 243 g/mol. The van der Waals surface area contributed by atoms with Gasteiger partial charge < -0.3 is 0 Å². The number of halogens is 1. The van der Waals surface area contributed by atoms with Gasteiger partial charge in [0.05, 0.1) is 0 Å². The van der Waals surface area contributed by atoms with Crippen LogP contribution in [0.15, 0.2) is 16.7 Å². The first-order chi connectivity index (χ1) is 5.68. The number of H-pyrrole nitrogens is 1. The summed E-state index contributed by atoms with van der Waals surface area (Å²) in [7, 11) is 0. The maximum atomic E-state index is 5.03. The number of hydrogen-bond acceptors (Lipinski definition) is 2. The van der Waals surface area contributed by atoms with E-state index >= 15 is 0 Å². The van der Waals surface area contributed by atoms with Crippen molar-refractivity contribution in [2.75, 3.05) is 0 Å². The largest absolute Gasteiger partial charge is 0.274 e. The van der Waals surface area contributed by atoms with Crippen molar-refractivity contribution in [3.8, 4) is 0 Å². The molecule has 0 atom stereocenters. The van der Waals surface area contributed by atoms with Crippen LogP contribution < -0.4 is 0 Å². The van der Waals surface area contributed by atoms with Gasteiger partial charge in [-0.25, -0.2) is 0 Å². The Hall–Kier alpha value is -0.680. The number of aromatic nitrogens is 3. The number of rotatable bonds is 0. The Labute approximate surface area is 82.5 Å². The van der Waals surface area contributed by atoms with Gasteiger partial charge in [0, 0.05) is 10.7 Å². The molecule has 0 fully saturated rings. The second-order valence-electron chi connectivity index (χ2n) is 2.56. The molecule has 2 rings (SSSR count). The first kappa shape index (κ1) is 7.94. The SMILES string of the molecule is Cc1cc(Br)cn2c(=S)[nH]nc12. The fraction of sp³-hybridized carbons (Fsp3) is 0.143. The summed E-state index contributed by atoms with van der Waals surface area (Å²) in [4.78, 5) is 0. The highest BCUT2D eigenvalue weighted by Crippen LogP contribution is 2.15. The molecule has 0 aromatic carbocycles. The zero-order chi connectivity index (χ0) is 8.72. The number of fused-ring (bicyclic) bond motifs is 1. The lowest BCUT2D eigenvalue weighted by atomic mass is 10.3. The van der Waals surface area contributed by atoms with Crippen LogP contribution in [0.2, 0.25) is 0 Å². The van der Waals surface area contributed by atoms with Gasteiger partial charge in [-0.1, -0.05) is 0 Å². The lowest BCUT2D eigenvalue weighted by Gasteiger charge is -1.96. The van der Waals surface area contributed by atoms with Gasteiger partial charge in [0.2, 0.25) is 0 Å². The minimum atomic E-state index is 0.620.